The third-order valence-corrected chi connectivity index (χ3v) is 1.21. The molecule has 80 valence electrons. The molecule has 0 aromatic heterocycles. The smallest absolute Gasteiger partial charge is 0.355 e. The van der Waals surface area contributed by atoms with Crippen LogP contribution in [0.5, 0.6) is 0 Å². The van der Waals surface area contributed by atoms with Crippen molar-refractivity contribution in [2.45, 2.75) is 26.2 Å². The van der Waals surface area contributed by atoms with E-state index in [2.05, 4.69) is 14.5 Å². The number of ether oxygens (including phenoxy) is 1. The summed E-state index contributed by atoms with van der Waals surface area (Å²) < 4.78 is 4.40. The number of carbonyl (C=O) groups is 3. The highest BCUT2D eigenvalue weighted by molar-refractivity contribution is 5.71. The van der Waals surface area contributed by atoms with E-state index in [1.165, 1.54) is 0 Å². The first kappa shape index (κ1) is 12.4. The fourth-order valence-electron chi connectivity index (χ4n) is 0.650. The Morgan fingerprint density at radius 1 is 1.21 bits per heavy atom. The lowest BCUT2D eigenvalue weighted by atomic mass is 10.2. The Morgan fingerprint density at radius 2 is 1.93 bits per heavy atom. The van der Waals surface area contributed by atoms with Crippen molar-refractivity contribution in [1.82, 2.24) is 0 Å². The maximum atomic E-state index is 10.8. The van der Waals surface area contributed by atoms with Gasteiger partial charge in [0.25, 0.3) is 6.47 Å². The molecule has 0 unspecified atom stereocenters. The van der Waals surface area contributed by atoms with E-state index in [4.69, 9.17) is 0 Å². The Morgan fingerprint density at radius 3 is 2.50 bits per heavy atom. The van der Waals surface area contributed by atoms with Gasteiger partial charge in [-0.05, 0) is 12.8 Å². The molecule has 0 saturated heterocycles. The van der Waals surface area contributed by atoms with Gasteiger partial charge >= 0.3 is 11.9 Å². The summed E-state index contributed by atoms with van der Waals surface area (Å²) in [4.78, 5) is 38.8. The van der Waals surface area contributed by atoms with Crippen molar-refractivity contribution in [3.63, 3.8) is 0 Å². The summed E-state index contributed by atoms with van der Waals surface area (Å²) in [5.74, 6) is -1.30. The van der Waals surface area contributed by atoms with Crippen LogP contribution >= 0.6 is 0 Å². The van der Waals surface area contributed by atoms with Crippen LogP contribution in [0.15, 0.2) is 0 Å². The van der Waals surface area contributed by atoms with E-state index in [1.807, 2.05) is 0 Å². The molecule has 6 nitrogen and oxygen atoms in total. The van der Waals surface area contributed by atoms with Gasteiger partial charge in [-0.2, -0.15) is 0 Å². The molecule has 0 aliphatic rings. The summed E-state index contributed by atoms with van der Waals surface area (Å²) in [6, 6.07) is 0. The maximum absolute atomic E-state index is 10.8. The van der Waals surface area contributed by atoms with Crippen molar-refractivity contribution < 1.29 is 28.9 Å². The van der Waals surface area contributed by atoms with Crippen LogP contribution in [0.25, 0.3) is 0 Å². The van der Waals surface area contributed by atoms with Gasteiger partial charge < -0.3 is 4.74 Å². The molecule has 0 bridgehead atoms. The Hall–Kier alpha value is -1.59. The van der Waals surface area contributed by atoms with Crippen molar-refractivity contribution in [2.24, 2.45) is 0 Å². The highest BCUT2D eigenvalue weighted by Crippen LogP contribution is 1.98. The number of carbonyl (C=O) groups excluding carboxylic acids is 3. The Kier molecular flexibility index (Phi) is 7.12. The van der Waals surface area contributed by atoms with Crippen LogP contribution in [0.1, 0.15) is 26.2 Å². The molecule has 0 aliphatic carbocycles. The zero-order valence-corrected chi connectivity index (χ0v) is 7.86. The van der Waals surface area contributed by atoms with Crippen molar-refractivity contribution in [3.05, 3.63) is 0 Å². The molecule has 0 spiro atoms. The molecule has 0 aromatic carbocycles. The third-order valence-electron chi connectivity index (χ3n) is 1.21. The fourth-order valence-corrected chi connectivity index (χ4v) is 0.650. The molecule has 0 amide bonds. The van der Waals surface area contributed by atoms with E-state index in [1.54, 1.807) is 0 Å². The molecule has 0 fully saturated rings. The molecule has 0 saturated carbocycles. The van der Waals surface area contributed by atoms with E-state index in [0.717, 1.165) is 6.92 Å². The predicted molar refractivity (Wildman–Crippen MR) is 43.7 cm³/mol. The lowest BCUT2D eigenvalue weighted by Gasteiger charge is -2.00. The molecule has 6 heteroatoms. The van der Waals surface area contributed by atoms with E-state index in [9.17, 15) is 14.4 Å². The number of rotatable bonds is 6. The zero-order chi connectivity index (χ0) is 10.8. The minimum Gasteiger partial charge on any atom is -0.468 e. The van der Waals surface area contributed by atoms with Crippen LogP contribution < -0.4 is 0 Å². The minimum absolute atomic E-state index is 0.121. The van der Waals surface area contributed by atoms with Gasteiger partial charge in [-0.25, -0.2) is 19.4 Å². The standard InChI is InChI=1S/C8H12O6/c1-7(10)13-14-8(11)4-2-3-5-12-6-9/h6H,2-5H2,1H3. The lowest BCUT2D eigenvalue weighted by molar-refractivity contribution is -0.257. The molecule has 0 radical (unpaired) electrons. The summed E-state index contributed by atoms with van der Waals surface area (Å²) >= 11 is 0. The summed E-state index contributed by atoms with van der Waals surface area (Å²) in [5, 5.41) is 0. The largest absolute Gasteiger partial charge is 0.468 e. The van der Waals surface area contributed by atoms with Crippen LogP contribution in [0.4, 0.5) is 0 Å². The van der Waals surface area contributed by atoms with E-state index < -0.39 is 11.9 Å². The second kappa shape index (κ2) is 8.03. The maximum Gasteiger partial charge on any atom is 0.355 e. The van der Waals surface area contributed by atoms with E-state index >= 15 is 0 Å². The van der Waals surface area contributed by atoms with Gasteiger partial charge in [0, 0.05) is 6.92 Å². The van der Waals surface area contributed by atoms with Gasteiger partial charge in [-0.3, -0.25) is 4.79 Å². The molecular weight excluding hydrogens is 192 g/mol. The normalized spacial score (nSPS) is 8.93. The quantitative estimate of drug-likeness (QED) is 0.269. The third kappa shape index (κ3) is 8.51. The van der Waals surface area contributed by atoms with Crippen LogP contribution in [0.2, 0.25) is 0 Å². The summed E-state index contributed by atoms with van der Waals surface area (Å²) in [5.41, 5.74) is 0. The predicted octanol–water partition coefficient (Wildman–Crippen LogP) is 0.351. The molecule has 14 heavy (non-hydrogen) atoms. The number of unbranched alkanes of at least 4 members (excludes halogenated alkanes) is 1. The van der Waals surface area contributed by atoms with Crippen molar-refractivity contribution in [1.29, 1.82) is 0 Å². The Labute approximate surface area is 81.0 Å². The SMILES string of the molecule is CC(=O)OOC(=O)CCCCOC=O. The highest BCUT2D eigenvalue weighted by Gasteiger charge is 2.05. The van der Waals surface area contributed by atoms with Crippen LogP contribution in [-0.4, -0.2) is 25.0 Å². The first-order chi connectivity index (χ1) is 6.66. The molecule has 0 heterocycles. The molecular formula is C8H12O6. The van der Waals surface area contributed by atoms with Gasteiger partial charge in [0.15, 0.2) is 0 Å². The van der Waals surface area contributed by atoms with Crippen LogP contribution in [-0.2, 0) is 28.9 Å². The summed E-state index contributed by atoms with van der Waals surface area (Å²) in [7, 11) is 0. The molecule has 0 aliphatic heterocycles. The monoisotopic (exact) mass is 204 g/mol. The first-order valence-corrected chi connectivity index (χ1v) is 4.10. The fraction of sp³-hybridized carbons (Fsp3) is 0.625. The minimum atomic E-state index is -0.678. The zero-order valence-electron chi connectivity index (χ0n) is 7.86. The average molecular weight is 204 g/mol. The van der Waals surface area contributed by atoms with Crippen molar-refractivity contribution in [2.75, 3.05) is 6.61 Å². The molecule has 0 N–H and O–H groups in total. The topological polar surface area (TPSA) is 78.9 Å². The van der Waals surface area contributed by atoms with Gasteiger partial charge in [-0.15, -0.1) is 0 Å². The molecule has 0 rings (SSSR count). The van der Waals surface area contributed by atoms with E-state index in [-0.39, 0.29) is 13.0 Å². The van der Waals surface area contributed by atoms with Gasteiger partial charge in [0.2, 0.25) is 0 Å². The van der Waals surface area contributed by atoms with Gasteiger partial charge in [0.1, 0.15) is 0 Å². The van der Waals surface area contributed by atoms with Crippen LogP contribution in [0, 0.1) is 0 Å². The second-order valence-corrected chi connectivity index (χ2v) is 2.45. The Bertz CT molecular complexity index is 200. The van der Waals surface area contributed by atoms with Gasteiger partial charge in [-0.1, -0.05) is 0 Å². The summed E-state index contributed by atoms with van der Waals surface area (Å²) in [6.07, 6.45) is 1.19. The van der Waals surface area contributed by atoms with Crippen LogP contribution in [0.3, 0.4) is 0 Å². The highest BCUT2D eigenvalue weighted by atomic mass is 17.2. The van der Waals surface area contributed by atoms with Gasteiger partial charge in [0.05, 0.1) is 13.0 Å². The Balaban J connectivity index is 3.26. The van der Waals surface area contributed by atoms with Crippen molar-refractivity contribution >= 4 is 18.4 Å². The molecule has 0 aromatic rings. The lowest BCUT2D eigenvalue weighted by Crippen LogP contribution is -2.08. The number of hydrogen-bond donors (Lipinski definition) is 0. The second-order valence-electron chi connectivity index (χ2n) is 2.45. The summed E-state index contributed by atoms with van der Waals surface area (Å²) in [6.45, 7) is 1.74. The first-order valence-electron chi connectivity index (χ1n) is 4.10. The van der Waals surface area contributed by atoms with E-state index in [0.29, 0.717) is 19.3 Å². The average Bonchev–Trinajstić information content (AvgIpc) is 2.14. The number of hydrogen-bond acceptors (Lipinski definition) is 6. The van der Waals surface area contributed by atoms with Crippen molar-refractivity contribution in [3.8, 4) is 0 Å². The molecule has 0 atom stereocenters.